The highest BCUT2D eigenvalue weighted by Crippen LogP contribution is 2.26. The smallest absolute Gasteiger partial charge is 0.126 e. The van der Waals surface area contributed by atoms with Gasteiger partial charge in [-0.1, -0.05) is 0 Å². The summed E-state index contributed by atoms with van der Waals surface area (Å²) >= 11 is 0. The molecule has 0 bridgehead atoms. The molecule has 0 aromatic heterocycles. The molecule has 0 saturated carbocycles. The minimum absolute atomic E-state index is 0.0413. The van der Waals surface area contributed by atoms with Crippen molar-refractivity contribution in [3.63, 3.8) is 0 Å². The largest absolute Gasteiger partial charge is 0.508 e. The van der Waals surface area contributed by atoms with Gasteiger partial charge in [0.15, 0.2) is 0 Å². The van der Waals surface area contributed by atoms with Crippen LogP contribution < -0.4 is 11.5 Å². The summed E-state index contributed by atoms with van der Waals surface area (Å²) in [6.45, 7) is 0. The van der Waals surface area contributed by atoms with E-state index in [1.807, 2.05) is 0 Å². The van der Waals surface area contributed by atoms with Crippen molar-refractivity contribution in [2.24, 2.45) is 11.5 Å². The molecule has 0 aliphatic rings. The predicted molar refractivity (Wildman–Crippen MR) is 88.5 cm³/mol. The van der Waals surface area contributed by atoms with Crippen molar-refractivity contribution >= 4 is 12.2 Å². The molecule has 8 N–H and O–H groups in total. The van der Waals surface area contributed by atoms with Crippen LogP contribution in [0.5, 0.6) is 23.0 Å². The van der Waals surface area contributed by atoms with Crippen LogP contribution in [0.25, 0.3) is 12.2 Å². The van der Waals surface area contributed by atoms with Gasteiger partial charge in [-0.15, -0.1) is 0 Å². The molecule has 6 nitrogen and oxygen atoms in total. The summed E-state index contributed by atoms with van der Waals surface area (Å²) in [4.78, 5) is 0. The maximum absolute atomic E-state index is 9.71. The Morgan fingerprint density at radius 3 is 1.48 bits per heavy atom. The number of nitrogens with two attached hydrogens (primary N) is 2. The van der Waals surface area contributed by atoms with Crippen molar-refractivity contribution in [1.82, 2.24) is 0 Å². The zero-order valence-electron chi connectivity index (χ0n) is 12.3. The molecule has 2 rings (SSSR count). The van der Waals surface area contributed by atoms with E-state index in [1.54, 1.807) is 12.2 Å². The molecule has 120 valence electrons. The first-order valence-electron chi connectivity index (χ1n) is 6.81. The van der Waals surface area contributed by atoms with Crippen molar-refractivity contribution in [2.75, 3.05) is 0 Å². The third-order valence-electron chi connectivity index (χ3n) is 3.12. The van der Waals surface area contributed by atoms with Gasteiger partial charge in [-0.3, -0.25) is 0 Å². The molecule has 0 aliphatic heterocycles. The van der Waals surface area contributed by atoms with Crippen molar-refractivity contribution in [1.29, 1.82) is 0 Å². The molecule has 2 aromatic carbocycles. The highest BCUT2D eigenvalue weighted by Gasteiger charge is 2.04. The topological polar surface area (TPSA) is 133 Å². The van der Waals surface area contributed by atoms with Gasteiger partial charge in [0.25, 0.3) is 0 Å². The average Bonchev–Trinajstić information content (AvgIpc) is 2.45. The Kier molecular flexibility index (Phi) is 4.66. The lowest BCUT2D eigenvalue weighted by molar-refractivity contribution is 0.448. The fourth-order valence-electron chi connectivity index (χ4n) is 2.05. The number of benzene rings is 2. The predicted octanol–water partition coefficient (Wildman–Crippen LogP) is 2.20. The first-order valence-corrected chi connectivity index (χ1v) is 6.81. The minimum atomic E-state index is -0.0910. The van der Waals surface area contributed by atoms with E-state index in [0.29, 0.717) is 22.5 Å². The molecule has 0 amide bonds. The molecule has 2 aromatic rings. The number of hydrogen-bond acceptors (Lipinski definition) is 6. The fraction of sp³-hybridized carbons (Fsp3) is 0.0588. The van der Waals surface area contributed by atoms with Crippen LogP contribution >= 0.6 is 0 Å². The maximum Gasteiger partial charge on any atom is 0.126 e. The molecule has 6 heteroatoms. The Balaban J connectivity index is 2.16. The van der Waals surface area contributed by atoms with Crippen molar-refractivity contribution < 1.29 is 20.4 Å². The lowest BCUT2D eigenvalue weighted by atomic mass is 10.1. The van der Waals surface area contributed by atoms with E-state index in [0.717, 1.165) is 0 Å². The highest BCUT2D eigenvalue weighted by atomic mass is 16.3. The molecule has 0 heterocycles. The Hall–Kier alpha value is -3.28. The fourth-order valence-corrected chi connectivity index (χ4v) is 2.05. The summed E-state index contributed by atoms with van der Waals surface area (Å²) < 4.78 is 0. The van der Waals surface area contributed by atoms with Gasteiger partial charge in [0.2, 0.25) is 0 Å². The molecule has 0 spiro atoms. The molecular weight excluding hydrogens is 296 g/mol. The van der Waals surface area contributed by atoms with E-state index >= 15 is 0 Å². The van der Waals surface area contributed by atoms with Gasteiger partial charge in [-0.2, -0.15) is 0 Å². The maximum atomic E-state index is 9.71. The van der Waals surface area contributed by atoms with Crippen LogP contribution in [-0.2, 0) is 0 Å². The molecule has 0 aliphatic carbocycles. The number of aromatic hydroxyl groups is 4. The molecule has 0 saturated heterocycles. The van der Waals surface area contributed by atoms with E-state index in [1.165, 1.54) is 36.4 Å². The van der Waals surface area contributed by atoms with Crippen LogP contribution in [0.3, 0.4) is 0 Å². The molecular formula is C17H18N2O4. The van der Waals surface area contributed by atoms with Crippen LogP contribution in [0.1, 0.15) is 17.5 Å². The molecule has 0 unspecified atom stereocenters. The van der Waals surface area contributed by atoms with Gasteiger partial charge in [0.1, 0.15) is 23.0 Å². The second-order valence-electron chi connectivity index (χ2n) is 5.10. The summed E-state index contributed by atoms with van der Waals surface area (Å²) in [7, 11) is 0. The SMILES string of the molecule is NC(=Cc1ccc(O)cc1O)CC(N)=Cc1ccc(O)cc1O. The summed E-state index contributed by atoms with van der Waals surface area (Å²) in [5.41, 5.74) is 13.5. The minimum Gasteiger partial charge on any atom is -0.508 e. The molecule has 0 atom stereocenters. The zero-order valence-corrected chi connectivity index (χ0v) is 12.3. The highest BCUT2D eigenvalue weighted by molar-refractivity contribution is 5.63. The van der Waals surface area contributed by atoms with Crippen LogP contribution in [-0.4, -0.2) is 20.4 Å². The van der Waals surface area contributed by atoms with E-state index in [9.17, 15) is 20.4 Å². The molecule has 0 radical (unpaired) electrons. The summed E-state index contributed by atoms with van der Waals surface area (Å²) in [5, 5.41) is 37.9. The lowest BCUT2D eigenvalue weighted by Gasteiger charge is -2.06. The van der Waals surface area contributed by atoms with Gasteiger partial charge in [0, 0.05) is 41.1 Å². The van der Waals surface area contributed by atoms with Crippen molar-refractivity contribution in [2.45, 2.75) is 6.42 Å². The third kappa shape index (κ3) is 4.34. The van der Waals surface area contributed by atoms with Crippen molar-refractivity contribution in [3.05, 3.63) is 58.9 Å². The van der Waals surface area contributed by atoms with Gasteiger partial charge in [-0.25, -0.2) is 0 Å². The third-order valence-corrected chi connectivity index (χ3v) is 3.12. The van der Waals surface area contributed by atoms with Crippen LogP contribution in [0.2, 0.25) is 0 Å². The normalized spacial score (nSPS) is 12.3. The van der Waals surface area contributed by atoms with E-state index < -0.39 is 0 Å². The van der Waals surface area contributed by atoms with Crippen LogP contribution in [0.4, 0.5) is 0 Å². The number of phenolic OH excluding ortho intramolecular Hbond substituents is 4. The van der Waals surface area contributed by atoms with Gasteiger partial charge in [-0.05, 0) is 36.4 Å². The second kappa shape index (κ2) is 6.65. The first kappa shape index (κ1) is 16.1. The van der Waals surface area contributed by atoms with Crippen LogP contribution in [0.15, 0.2) is 47.8 Å². The summed E-state index contributed by atoms with van der Waals surface area (Å²) in [5.74, 6) is -0.265. The van der Waals surface area contributed by atoms with Gasteiger partial charge in [0.05, 0.1) is 0 Å². The monoisotopic (exact) mass is 314 g/mol. The first-order chi connectivity index (χ1) is 10.8. The van der Waals surface area contributed by atoms with E-state index in [2.05, 4.69) is 0 Å². The standard InChI is InChI=1S/C17H18N2O4/c18-12(5-10-1-3-14(20)8-16(10)22)7-13(19)6-11-2-4-15(21)9-17(11)23/h1-6,8-9,20-23H,7,18-19H2. The quantitative estimate of drug-likeness (QED) is 0.512. The van der Waals surface area contributed by atoms with Crippen molar-refractivity contribution in [3.8, 4) is 23.0 Å². The van der Waals surface area contributed by atoms with Gasteiger partial charge >= 0.3 is 0 Å². The number of phenols is 4. The number of hydrogen-bond donors (Lipinski definition) is 6. The second-order valence-corrected chi connectivity index (χ2v) is 5.10. The Labute approximate surface area is 133 Å². The molecule has 23 heavy (non-hydrogen) atoms. The summed E-state index contributed by atoms with van der Waals surface area (Å²) in [6.07, 6.45) is 3.32. The average molecular weight is 314 g/mol. The Morgan fingerprint density at radius 1 is 0.739 bits per heavy atom. The summed E-state index contributed by atoms with van der Waals surface area (Å²) in [6, 6.07) is 8.37. The Morgan fingerprint density at radius 2 is 1.13 bits per heavy atom. The Bertz CT molecular complexity index is 717. The lowest BCUT2D eigenvalue weighted by Crippen LogP contribution is -2.04. The zero-order chi connectivity index (χ0) is 17.0. The van der Waals surface area contributed by atoms with Gasteiger partial charge < -0.3 is 31.9 Å². The van der Waals surface area contributed by atoms with E-state index in [4.69, 9.17) is 11.5 Å². The number of rotatable bonds is 4. The van der Waals surface area contributed by atoms with E-state index in [-0.39, 0.29) is 29.4 Å². The van der Waals surface area contributed by atoms with Crippen LogP contribution in [0, 0.1) is 0 Å². The molecule has 0 fully saturated rings.